The molecule has 4 bridgehead atoms. The summed E-state index contributed by atoms with van der Waals surface area (Å²) in [6.07, 6.45) is 7.91. The van der Waals surface area contributed by atoms with Gasteiger partial charge in [0.1, 0.15) is 6.04 Å². The zero-order chi connectivity index (χ0) is 20.5. The first-order chi connectivity index (χ1) is 14.5. The Labute approximate surface area is 177 Å². The number of fused-ring (bicyclic) bond motifs is 3. The highest BCUT2D eigenvalue weighted by atomic mass is 16.2. The molecule has 2 N–H and O–H groups in total. The molecule has 1 atom stereocenters. The maximum Gasteiger partial charge on any atom is 0.245 e. The Morgan fingerprint density at radius 2 is 1.77 bits per heavy atom. The lowest BCUT2D eigenvalue weighted by atomic mass is 9.49. The van der Waals surface area contributed by atoms with Crippen molar-refractivity contribution in [1.29, 1.82) is 0 Å². The van der Waals surface area contributed by atoms with Gasteiger partial charge in [0, 0.05) is 47.1 Å². The Hall–Kier alpha value is -2.30. The van der Waals surface area contributed by atoms with E-state index < -0.39 is 6.04 Å². The van der Waals surface area contributed by atoms with E-state index >= 15 is 0 Å². The Kier molecular flexibility index (Phi) is 4.06. The molecule has 0 unspecified atom stereocenters. The number of hydrogen-bond acceptors (Lipinski definition) is 2. The molecule has 5 heteroatoms. The molecular formula is C25H31N3O2. The molecule has 0 spiro atoms. The summed E-state index contributed by atoms with van der Waals surface area (Å²) in [4.78, 5) is 32.0. The molecule has 0 saturated heterocycles. The summed E-state index contributed by atoms with van der Waals surface area (Å²) >= 11 is 0. The largest absolute Gasteiger partial charge is 0.358 e. The summed E-state index contributed by atoms with van der Waals surface area (Å²) in [5.41, 5.74) is 3.41. The minimum Gasteiger partial charge on any atom is -0.358 e. The molecule has 4 saturated carbocycles. The predicted molar refractivity (Wildman–Crippen MR) is 116 cm³/mol. The van der Waals surface area contributed by atoms with E-state index in [4.69, 9.17) is 0 Å². The van der Waals surface area contributed by atoms with Crippen LogP contribution in [0, 0.1) is 23.2 Å². The van der Waals surface area contributed by atoms with Crippen LogP contribution >= 0.6 is 0 Å². The molecule has 4 aliphatic carbocycles. The highest BCUT2D eigenvalue weighted by molar-refractivity contribution is 5.91. The van der Waals surface area contributed by atoms with Crippen molar-refractivity contribution in [2.45, 2.75) is 64.5 Å². The van der Waals surface area contributed by atoms with Gasteiger partial charge in [-0.3, -0.25) is 9.59 Å². The van der Waals surface area contributed by atoms with Gasteiger partial charge in [-0.25, -0.2) is 0 Å². The first kappa shape index (κ1) is 18.5. The van der Waals surface area contributed by atoms with Crippen molar-refractivity contribution in [2.24, 2.45) is 23.2 Å². The van der Waals surface area contributed by atoms with Crippen LogP contribution in [0.4, 0.5) is 0 Å². The van der Waals surface area contributed by atoms with Crippen LogP contribution in [0.1, 0.15) is 56.7 Å². The predicted octanol–water partition coefficient (Wildman–Crippen LogP) is 3.77. The van der Waals surface area contributed by atoms with E-state index in [-0.39, 0.29) is 17.2 Å². The molecule has 5 nitrogen and oxygen atoms in total. The molecule has 0 radical (unpaired) electrons. The van der Waals surface area contributed by atoms with Crippen LogP contribution in [-0.4, -0.2) is 34.3 Å². The van der Waals surface area contributed by atoms with E-state index in [9.17, 15) is 9.59 Å². The lowest BCUT2D eigenvalue weighted by molar-refractivity contribution is -0.149. The third-order valence-electron chi connectivity index (χ3n) is 8.43. The molecule has 2 amide bonds. The lowest BCUT2D eigenvalue weighted by Crippen LogP contribution is -2.57. The van der Waals surface area contributed by atoms with Crippen molar-refractivity contribution in [3.8, 4) is 0 Å². The second kappa shape index (κ2) is 6.60. The van der Waals surface area contributed by atoms with Crippen molar-refractivity contribution >= 4 is 22.7 Å². The van der Waals surface area contributed by atoms with E-state index in [0.717, 1.165) is 49.0 Å². The van der Waals surface area contributed by atoms with Crippen LogP contribution < -0.4 is 5.32 Å². The number of para-hydroxylation sites is 1. The summed E-state index contributed by atoms with van der Waals surface area (Å²) in [6, 6.07) is 7.84. The Morgan fingerprint density at radius 1 is 1.10 bits per heavy atom. The van der Waals surface area contributed by atoms with Crippen molar-refractivity contribution in [3.63, 3.8) is 0 Å². The molecule has 5 aliphatic rings. The second-order valence-corrected chi connectivity index (χ2v) is 10.5. The third kappa shape index (κ3) is 2.81. The van der Waals surface area contributed by atoms with Crippen LogP contribution in [-0.2, 0) is 22.6 Å². The number of aromatic amines is 1. The molecule has 1 aromatic heterocycles. The van der Waals surface area contributed by atoms with Crippen molar-refractivity contribution < 1.29 is 9.59 Å². The Morgan fingerprint density at radius 3 is 2.47 bits per heavy atom. The molecule has 30 heavy (non-hydrogen) atoms. The fraction of sp³-hybridized carbons (Fsp3) is 0.600. The number of benzene rings is 1. The minimum atomic E-state index is -0.461. The number of H-pyrrole nitrogens is 1. The van der Waals surface area contributed by atoms with Crippen LogP contribution in [0.2, 0.25) is 0 Å². The molecule has 1 aliphatic heterocycles. The summed E-state index contributed by atoms with van der Waals surface area (Å²) in [7, 11) is 0. The SMILES string of the molecule is C[C@@H](NC(=O)C12CC3CC(CC(C3)C1)C2)C(=O)N1CCc2[nH]c3ccccc3c2C1. The van der Waals surface area contributed by atoms with Gasteiger partial charge in [0.05, 0.1) is 0 Å². The average Bonchev–Trinajstić information content (AvgIpc) is 3.10. The number of aromatic nitrogens is 1. The van der Waals surface area contributed by atoms with Gasteiger partial charge in [0.25, 0.3) is 0 Å². The van der Waals surface area contributed by atoms with Gasteiger partial charge in [-0.05, 0) is 69.3 Å². The summed E-state index contributed by atoms with van der Waals surface area (Å²) in [5, 5.41) is 4.35. The van der Waals surface area contributed by atoms with Gasteiger partial charge in [-0.15, -0.1) is 0 Å². The van der Waals surface area contributed by atoms with Gasteiger partial charge in [0.15, 0.2) is 0 Å². The fourth-order valence-electron chi connectivity index (χ4n) is 7.43. The number of amides is 2. The smallest absolute Gasteiger partial charge is 0.245 e. The highest BCUT2D eigenvalue weighted by Crippen LogP contribution is 2.60. The highest BCUT2D eigenvalue weighted by Gasteiger charge is 2.54. The van der Waals surface area contributed by atoms with Gasteiger partial charge in [0.2, 0.25) is 11.8 Å². The zero-order valence-electron chi connectivity index (χ0n) is 17.7. The number of carbonyl (C=O) groups excluding carboxylic acids is 2. The first-order valence-electron chi connectivity index (χ1n) is 11.7. The number of hydrogen-bond donors (Lipinski definition) is 2. The zero-order valence-corrected chi connectivity index (χ0v) is 17.7. The van der Waals surface area contributed by atoms with E-state index in [1.165, 1.54) is 35.9 Å². The van der Waals surface area contributed by atoms with Gasteiger partial charge < -0.3 is 15.2 Å². The Balaban J connectivity index is 1.16. The standard InChI is InChI=1S/C25H31N3O2/c1-15(26-24(30)25-11-16-8-17(12-25)10-18(9-16)13-25)23(29)28-7-6-22-20(14-28)19-4-2-3-5-21(19)27-22/h2-5,15-18,27H,6-14H2,1H3,(H,26,30)/t15-,16?,17?,18?,25?/m1/s1. The minimum absolute atomic E-state index is 0.0454. The summed E-state index contributed by atoms with van der Waals surface area (Å²) in [6.45, 7) is 3.19. The van der Waals surface area contributed by atoms with E-state index in [1.807, 2.05) is 24.0 Å². The van der Waals surface area contributed by atoms with Crippen LogP contribution in [0.15, 0.2) is 24.3 Å². The second-order valence-electron chi connectivity index (χ2n) is 10.5. The monoisotopic (exact) mass is 405 g/mol. The lowest BCUT2D eigenvalue weighted by Gasteiger charge is -2.55. The van der Waals surface area contributed by atoms with Gasteiger partial charge in [-0.1, -0.05) is 18.2 Å². The van der Waals surface area contributed by atoms with Crippen LogP contribution in [0.3, 0.4) is 0 Å². The first-order valence-corrected chi connectivity index (χ1v) is 11.7. The number of nitrogens with zero attached hydrogens (tertiary/aromatic N) is 1. The van der Waals surface area contributed by atoms with Crippen molar-refractivity contribution in [2.75, 3.05) is 6.54 Å². The number of rotatable bonds is 3. The average molecular weight is 406 g/mol. The number of carbonyl (C=O) groups is 2. The maximum atomic E-state index is 13.3. The van der Waals surface area contributed by atoms with E-state index in [2.05, 4.69) is 22.4 Å². The fourth-order valence-corrected chi connectivity index (χ4v) is 7.43. The third-order valence-corrected chi connectivity index (χ3v) is 8.43. The van der Waals surface area contributed by atoms with Crippen molar-refractivity contribution in [3.05, 3.63) is 35.5 Å². The van der Waals surface area contributed by atoms with E-state index in [0.29, 0.717) is 13.1 Å². The normalized spacial score (nSPS) is 32.8. The molecule has 158 valence electrons. The Bertz CT molecular complexity index is 987. The molecule has 2 heterocycles. The molecule has 4 fully saturated rings. The molecule has 7 rings (SSSR count). The van der Waals surface area contributed by atoms with Crippen molar-refractivity contribution in [1.82, 2.24) is 15.2 Å². The summed E-state index contributed by atoms with van der Waals surface area (Å²) < 4.78 is 0. The van der Waals surface area contributed by atoms with Gasteiger partial charge in [-0.2, -0.15) is 0 Å². The molecular weight excluding hydrogens is 374 g/mol. The van der Waals surface area contributed by atoms with Crippen LogP contribution in [0.25, 0.3) is 10.9 Å². The molecule has 2 aromatic rings. The molecule has 1 aromatic carbocycles. The van der Waals surface area contributed by atoms with Gasteiger partial charge >= 0.3 is 0 Å². The topological polar surface area (TPSA) is 65.2 Å². The maximum absolute atomic E-state index is 13.3. The summed E-state index contributed by atoms with van der Waals surface area (Å²) in [5.74, 6) is 2.39. The van der Waals surface area contributed by atoms with E-state index in [1.54, 1.807) is 0 Å². The quantitative estimate of drug-likeness (QED) is 0.816. The van der Waals surface area contributed by atoms with Crippen LogP contribution in [0.5, 0.6) is 0 Å². The number of nitrogens with one attached hydrogen (secondary N) is 2.